The van der Waals surface area contributed by atoms with Crippen molar-refractivity contribution in [3.05, 3.63) is 31.2 Å². The van der Waals surface area contributed by atoms with Gasteiger partial charge in [0.2, 0.25) is 5.91 Å². The van der Waals surface area contributed by atoms with Gasteiger partial charge in [-0.15, -0.1) is 0 Å². The minimum atomic E-state index is -1.05. The van der Waals surface area contributed by atoms with Crippen LogP contribution in [0, 0.1) is 0 Å². The molecule has 0 saturated carbocycles. The highest BCUT2D eigenvalue weighted by atomic mass is 19.1. The summed E-state index contributed by atoms with van der Waals surface area (Å²) in [5.41, 5.74) is 0.691. The van der Waals surface area contributed by atoms with Gasteiger partial charge in [0.25, 0.3) is 0 Å². The van der Waals surface area contributed by atoms with Gasteiger partial charge in [-0.05, 0) is 19.1 Å². The normalized spacial score (nSPS) is 25.2. The molecule has 3 rings (SSSR count). The lowest BCUT2D eigenvalue weighted by molar-refractivity contribution is -0.130. The second kappa shape index (κ2) is 5.75. The summed E-state index contributed by atoms with van der Waals surface area (Å²) in [5, 5.41) is 3.92. The molecule has 0 aliphatic carbocycles. The van der Waals surface area contributed by atoms with Gasteiger partial charge in [-0.25, -0.2) is 14.4 Å². The SMILES string of the molecule is C=CC(=O)N1C[C@@H](Nc2ncnc3[nH]ccc23)[C@H](F)C[C@H]1C. The zero-order valence-corrected chi connectivity index (χ0v) is 12.3. The molecule has 0 spiro atoms. The Balaban J connectivity index is 1.83. The number of hydrogen-bond donors (Lipinski definition) is 2. The lowest BCUT2D eigenvalue weighted by Crippen LogP contribution is -2.54. The van der Waals surface area contributed by atoms with Crippen LogP contribution in [0.25, 0.3) is 11.0 Å². The van der Waals surface area contributed by atoms with Crippen LogP contribution in [0.1, 0.15) is 13.3 Å². The van der Waals surface area contributed by atoms with E-state index < -0.39 is 12.2 Å². The Morgan fingerprint density at radius 3 is 3.18 bits per heavy atom. The van der Waals surface area contributed by atoms with E-state index in [1.54, 1.807) is 11.1 Å². The molecule has 1 amide bonds. The standard InChI is InChI=1S/C15H18FN5O/c1-3-13(22)21-7-12(11(16)6-9(21)2)20-15-10-4-5-17-14(10)18-8-19-15/h3-5,8-9,11-12H,1,6-7H2,2H3,(H2,17,18,19,20)/t9-,11-,12-/m1/s1. The second-order valence-corrected chi connectivity index (χ2v) is 5.51. The summed E-state index contributed by atoms with van der Waals surface area (Å²) in [6.07, 6.45) is 3.69. The highest BCUT2D eigenvalue weighted by Gasteiger charge is 2.35. The van der Waals surface area contributed by atoms with Gasteiger partial charge in [-0.3, -0.25) is 4.79 Å². The number of piperidine rings is 1. The average molecular weight is 303 g/mol. The van der Waals surface area contributed by atoms with Crippen molar-refractivity contribution in [1.82, 2.24) is 19.9 Å². The molecule has 1 fully saturated rings. The van der Waals surface area contributed by atoms with Crippen LogP contribution in [0.4, 0.5) is 10.2 Å². The highest BCUT2D eigenvalue weighted by Crippen LogP contribution is 2.25. The van der Waals surface area contributed by atoms with E-state index >= 15 is 0 Å². The zero-order chi connectivity index (χ0) is 15.7. The van der Waals surface area contributed by atoms with E-state index in [1.165, 1.54) is 12.4 Å². The fourth-order valence-electron chi connectivity index (χ4n) is 2.85. The maximum absolute atomic E-state index is 14.4. The molecule has 22 heavy (non-hydrogen) atoms. The van der Waals surface area contributed by atoms with Gasteiger partial charge >= 0.3 is 0 Å². The predicted octanol–water partition coefficient (Wildman–Crippen LogP) is 1.88. The Morgan fingerprint density at radius 1 is 1.59 bits per heavy atom. The zero-order valence-electron chi connectivity index (χ0n) is 12.3. The van der Waals surface area contributed by atoms with Crippen LogP contribution in [-0.4, -0.2) is 50.6 Å². The first-order chi connectivity index (χ1) is 10.6. The number of nitrogens with one attached hydrogen (secondary N) is 2. The number of likely N-dealkylation sites (tertiary alicyclic amines) is 1. The summed E-state index contributed by atoms with van der Waals surface area (Å²) in [6, 6.07) is 1.19. The van der Waals surface area contributed by atoms with Crippen LogP contribution in [0.3, 0.4) is 0 Å². The van der Waals surface area contributed by atoms with E-state index in [4.69, 9.17) is 0 Å². The van der Waals surface area contributed by atoms with Gasteiger partial charge < -0.3 is 15.2 Å². The minimum absolute atomic E-state index is 0.142. The number of fused-ring (bicyclic) bond motifs is 1. The number of carbonyl (C=O) groups excluding carboxylic acids is 1. The first-order valence-corrected chi connectivity index (χ1v) is 7.22. The van der Waals surface area contributed by atoms with Crippen molar-refractivity contribution in [2.24, 2.45) is 0 Å². The lowest BCUT2D eigenvalue weighted by Gasteiger charge is -2.39. The maximum Gasteiger partial charge on any atom is 0.246 e. The number of aromatic nitrogens is 3. The number of H-pyrrole nitrogens is 1. The van der Waals surface area contributed by atoms with Crippen LogP contribution in [-0.2, 0) is 4.79 Å². The molecular weight excluding hydrogens is 285 g/mol. The van der Waals surface area contributed by atoms with Crippen molar-refractivity contribution in [2.45, 2.75) is 31.6 Å². The molecule has 3 atom stereocenters. The fourth-order valence-corrected chi connectivity index (χ4v) is 2.85. The molecule has 116 valence electrons. The van der Waals surface area contributed by atoms with Crippen molar-refractivity contribution in [1.29, 1.82) is 0 Å². The van der Waals surface area contributed by atoms with E-state index in [0.29, 0.717) is 17.9 Å². The van der Waals surface area contributed by atoms with E-state index in [1.807, 2.05) is 13.0 Å². The molecule has 6 nitrogen and oxygen atoms in total. The maximum atomic E-state index is 14.4. The van der Waals surface area contributed by atoms with Crippen LogP contribution in [0.2, 0.25) is 0 Å². The third-order valence-corrected chi connectivity index (χ3v) is 4.06. The molecule has 0 bridgehead atoms. The lowest BCUT2D eigenvalue weighted by atomic mass is 9.97. The quantitative estimate of drug-likeness (QED) is 0.849. The first-order valence-electron chi connectivity index (χ1n) is 7.22. The number of alkyl halides is 1. The molecule has 2 aromatic rings. The van der Waals surface area contributed by atoms with Crippen molar-refractivity contribution >= 4 is 22.8 Å². The topological polar surface area (TPSA) is 73.9 Å². The molecule has 3 heterocycles. The highest BCUT2D eigenvalue weighted by molar-refractivity contribution is 5.88. The first kappa shape index (κ1) is 14.5. The van der Waals surface area contributed by atoms with E-state index in [0.717, 1.165) is 5.39 Å². The number of amides is 1. The molecule has 1 aliphatic rings. The number of aromatic amines is 1. The van der Waals surface area contributed by atoms with Gasteiger partial charge in [0.05, 0.1) is 11.4 Å². The summed E-state index contributed by atoms with van der Waals surface area (Å²) >= 11 is 0. The Kier molecular flexibility index (Phi) is 3.79. The molecule has 0 radical (unpaired) electrons. The molecule has 2 N–H and O–H groups in total. The van der Waals surface area contributed by atoms with E-state index in [-0.39, 0.29) is 18.5 Å². The Morgan fingerprint density at radius 2 is 2.41 bits per heavy atom. The third kappa shape index (κ3) is 2.54. The Bertz CT molecular complexity index is 700. The Labute approximate surface area is 127 Å². The summed E-state index contributed by atoms with van der Waals surface area (Å²) in [5.74, 6) is 0.389. The molecular formula is C15H18FN5O. The van der Waals surface area contributed by atoms with Gasteiger partial charge in [-0.1, -0.05) is 6.58 Å². The van der Waals surface area contributed by atoms with Gasteiger partial charge in [-0.2, -0.15) is 0 Å². The molecule has 7 heteroatoms. The second-order valence-electron chi connectivity index (χ2n) is 5.51. The minimum Gasteiger partial charge on any atom is -0.362 e. The third-order valence-electron chi connectivity index (χ3n) is 4.06. The molecule has 0 aromatic carbocycles. The monoisotopic (exact) mass is 303 g/mol. The van der Waals surface area contributed by atoms with Crippen molar-refractivity contribution in [2.75, 3.05) is 11.9 Å². The number of hydrogen-bond acceptors (Lipinski definition) is 4. The van der Waals surface area contributed by atoms with Gasteiger partial charge in [0.1, 0.15) is 24.0 Å². The van der Waals surface area contributed by atoms with E-state index in [9.17, 15) is 9.18 Å². The molecule has 1 saturated heterocycles. The summed E-state index contributed by atoms with van der Waals surface area (Å²) in [4.78, 5) is 24.8. The van der Waals surface area contributed by atoms with Crippen LogP contribution >= 0.6 is 0 Å². The number of halogens is 1. The van der Waals surface area contributed by atoms with Crippen molar-refractivity contribution in [3.8, 4) is 0 Å². The van der Waals surface area contributed by atoms with Crippen LogP contribution in [0.5, 0.6) is 0 Å². The largest absolute Gasteiger partial charge is 0.362 e. The average Bonchev–Trinajstić information content (AvgIpc) is 2.98. The van der Waals surface area contributed by atoms with Crippen LogP contribution in [0.15, 0.2) is 31.2 Å². The van der Waals surface area contributed by atoms with Crippen molar-refractivity contribution in [3.63, 3.8) is 0 Å². The van der Waals surface area contributed by atoms with Gasteiger partial charge in [0, 0.05) is 25.2 Å². The molecule has 2 aromatic heterocycles. The smallest absolute Gasteiger partial charge is 0.246 e. The van der Waals surface area contributed by atoms with Crippen LogP contribution < -0.4 is 5.32 Å². The molecule has 1 aliphatic heterocycles. The summed E-state index contributed by atoms with van der Waals surface area (Å²) < 4.78 is 14.4. The Hall–Kier alpha value is -2.44. The molecule has 0 unspecified atom stereocenters. The van der Waals surface area contributed by atoms with Gasteiger partial charge in [0.15, 0.2) is 0 Å². The predicted molar refractivity (Wildman–Crippen MR) is 82.2 cm³/mol. The van der Waals surface area contributed by atoms with Crippen molar-refractivity contribution < 1.29 is 9.18 Å². The number of carbonyl (C=O) groups is 1. The number of anilines is 1. The van der Waals surface area contributed by atoms with E-state index in [2.05, 4.69) is 26.8 Å². The summed E-state index contributed by atoms with van der Waals surface area (Å²) in [6.45, 7) is 5.63. The number of rotatable bonds is 3. The summed E-state index contributed by atoms with van der Waals surface area (Å²) in [7, 11) is 0. The number of nitrogens with zero attached hydrogens (tertiary/aromatic N) is 3. The fraction of sp³-hybridized carbons (Fsp3) is 0.400.